The van der Waals surface area contributed by atoms with Crippen LogP contribution in [0.2, 0.25) is 0 Å². The lowest BCUT2D eigenvalue weighted by Gasteiger charge is -2.26. The highest BCUT2D eigenvalue weighted by atomic mass is 16.1. The maximum atomic E-state index is 11.6. The number of anilines is 2. The lowest BCUT2D eigenvalue weighted by Crippen LogP contribution is -2.21. The summed E-state index contributed by atoms with van der Waals surface area (Å²) in [4.78, 5) is 28.0. The second kappa shape index (κ2) is 6.27. The first kappa shape index (κ1) is 15.2. The van der Waals surface area contributed by atoms with Gasteiger partial charge in [-0.1, -0.05) is 0 Å². The summed E-state index contributed by atoms with van der Waals surface area (Å²) in [5.41, 5.74) is 3.55. The fourth-order valence-corrected chi connectivity index (χ4v) is 4.15. The van der Waals surface area contributed by atoms with E-state index in [1.54, 1.807) is 0 Å². The fraction of sp³-hybridized carbons (Fsp3) is 0.400. The summed E-state index contributed by atoms with van der Waals surface area (Å²) < 4.78 is 0. The molecule has 0 unspecified atom stereocenters. The van der Waals surface area contributed by atoms with Gasteiger partial charge in [0.15, 0.2) is 12.6 Å². The van der Waals surface area contributed by atoms with E-state index in [9.17, 15) is 9.59 Å². The normalized spacial score (nSPS) is 17.7. The Bertz CT molecular complexity index is 725. The van der Waals surface area contributed by atoms with Gasteiger partial charge in [-0.3, -0.25) is 9.59 Å². The topological polar surface area (TPSA) is 40.6 Å². The van der Waals surface area contributed by atoms with E-state index >= 15 is 0 Å². The molecule has 4 nitrogen and oxygen atoms in total. The van der Waals surface area contributed by atoms with Crippen molar-refractivity contribution in [2.24, 2.45) is 0 Å². The van der Waals surface area contributed by atoms with Crippen molar-refractivity contribution in [2.45, 2.75) is 25.7 Å². The number of hydrogen-bond acceptors (Lipinski definition) is 4. The van der Waals surface area contributed by atoms with Gasteiger partial charge in [-0.25, -0.2) is 0 Å². The smallest absolute Gasteiger partial charge is 0.150 e. The maximum Gasteiger partial charge on any atom is 0.150 e. The minimum atomic E-state index is 0.607. The summed E-state index contributed by atoms with van der Waals surface area (Å²) in [5, 5.41) is 1.89. The van der Waals surface area contributed by atoms with E-state index in [0.717, 1.165) is 49.5 Å². The van der Waals surface area contributed by atoms with Gasteiger partial charge in [0.2, 0.25) is 0 Å². The molecule has 0 bridgehead atoms. The lowest BCUT2D eigenvalue weighted by molar-refractivity contribution is 0.112. The number of aldehydes is 2. The molecule has 2 saturated heterocycles. The Balaban J connectivity index is 2.03. The number of carbonyl (C=O) groups is 2. The van der Waals surface area contributed by atoms with Gasteiger partial charge in [-0.2, -0.15) is 0 Å². The molecule has 0 spiro atoms. The molecule has 0 N–H and O–H groups in total. The molecule has 2 aromatic rings. The van der Waals surface area contributed by atoms with Crippen molar-refractivity contribution >= 4 is 34.7 Å². The Morgan fingerprint density at radius 1 is 0.625 bits per heavy atom. The highest BCUT2D eigenvalue weighted by molar-refractivity contribution is 6.15. The molecule has 2 fully saturated rings. The van der Waals surface area contributed by atoms with Crippen LogP contribution in [-0.4, -0.2) is 38.8 Å². The summed E-state index contributed by atoms with van der Waals surface area (Å²) in [5.74, 6) is 0. The molecular weight excluding hydrogens is 300 g/mol. The third kappa shape index (κ3) is 2.37. The van der Waals surface area contributed by atoms with Gasteiger partial charge in [0.05, 0.1) is 0 Å². The van der Waals surface area contributed by atoms with Crippen LogP contribution in [-0.2, 0) is 0 Å². The molecule has 4 rings (SSSR count). The van der Waals surface area contributed by atoms with E-state index in [1.807, 2.05) is 12.1 Å². The van der Waals surface area contributed by atoms with E-state index in [-0.39, 0.29) is 0 Å². The summed E-state index contributed by atoms with van der Waals surface area (Å²) in [7, 11) is 0. The van der Waals surface area contributed by atoms with Crippen LogP contribution < -0.4 is 9.80 Å². The fourth-order valence-electron chi connectivity index (χ4n) is 4.15. The molecule has 124 valence electrons. The van der Waals surface area contributed by atoms with E-state index in [1.165, 1.54) is 37.1 Å². The molecule has 24 heavy (non-hydrogen) atoms. The second-order valence-corrected chi connectivity index (χ2v) is 6.72. The molecule has 2 aromatic carbocycles. The van der Waals surface area contributed by atoms with Crippen molar-refractivity contribution in [2.75, 3.05) is 36.0 Å². The summed E-state index contributed by atoms with van der Waals surface area (Å²) in [6, 6.07) is 7.85. The molecule has 4 heteroatoms. The Morgan fingerprint density at radius 3 is 1.42 bits per heavy atom. The van der Waals surface area contributed by atoms with Gasteiger partial charge in [0.1, 0.15) is 0 Å². The highest BCUT2D eigenvalue weighted by Crippen LogP contribution is 2.40. The van der Waals surface area contributed by atoms with Gasteiger partial charge >= 0.3 is 0 Å². The molecule has 0 aliphatic carbocycles. The lowest BCUT2D eigenvalue weighted by atomic mass is 9.96. The largest absolute Gasteiger partial charge is 0.371 e. The molecule has 2 heterocycles. The number of fused-ring (bicyclic) bond motifs is 1. The third-order valence-corrected chi connectivity index (χ3v) is 5.33. The predicted octanol–water partition coefficient (Wildman–Crippen LogP) is 3.67. The number of rotatable bonds is 4. The van der Waals surface area contributed by atoms with Crippen LogP contribution in [0.4, 0.5) is 11.4 Å². The van der Waals surface area contributed by atoms with Crippen LogP contribution in [0.25, 0.3) is 10.8 Å². The van der Waals surface area contributed by atoms with Crippen LogP contribution in [0.3, 0.4) is 0 Å². The zero-order valence-corrected chi connectivity index (χ0v) is 13.8. The quantitative estimate of drug-likeness (QED) is 0.806. The van der Waals surface area contributed by atoms with Gasteiger partial charge in [-0.05, 0) is 49.9 Å². The molecule has 0 aromatic heterocycles. The molecule has 0 saturated carbocycles. The Hall–Kier alpha value is -2.36. The van der Waals surface area contributed by atoms with Crippen molar-refractivity contribution in [3.05, 3.63) is 35.4 Å². The van der Waals surface area contributed by atoms with Gasteiger partial charge in [0.25, 0.3) is 0 Å². The van der Waals surface area contributed by atoms with Crippen LogP contribution >= 0.6 is 0 Å². The number of hydrogen-bond donors (Lipinski definition) is 0. The molecular formula is C20H22N2O2. The Labute approximate surface area is 142 Å². The first-order valence-corrected chi connectivity index (χ1v) is 8.83. The van der Waals surface area contributed by atoms with Crippen molar-refractivity contribution in [3.63, 3.8) is 0 Å². The van der Waals surface area contributed by atoms with Crippen molar-refractivity contribution in [3.8, 4) is 0 Å². The molecule has 2 aliphatic heterocycles. The molecule has 0 amide bonds. The Morgan fingerprint density at radius 2 is 1.04 bits per heavy atom. The van der Waals surface area contributed by atoms with E-state index < -0.39 is 0 Å². The van der Waals surface area contributed by atoms with Gasteiger partial charge in [-0.15, -0.1) is 0 Å². The van der Waals surface area contributed by atoms with Gasteiger partial charge in [0, 0.05) is 59.5 Å². The van der Waals surface area contributed by atoms with E-state index in [4.69, 9.17) is 0 Å². The van der Waals surface area contributed by atoms with Crippen LogP contribution in [0.1, 0.15) is 46.4 Å². The first-order chi connectivity index (χ1) is 11.8. The van der Waals surface area contributed by atoms with Crippen molar-refractivity contribution < 1.29 is 9.59 Å². The first-order valence-electron chi connectivity index (χ1n) is 8.83. The SMILES string of the molecule is O=Cc1ccc(N2CCCC2)c2c(N3CCCC3)ccc(C=O)c12. The zero-order chi connectivity index (χ0) is 16.5. The van der Waals surface area contributed by atoms with E-state index in [2.05, 4.69) is 21.9 Å². The molecule has 0 radical (unpaired) electrons. The van der Waals surface area contributed by atoms with Crippen LogP contribution in [0.15, 0.2) is 24.3 Å². The molecule has 2 aliphatic rings. The number of carbonyl (C=O) groups excluding carboxylic acids is 2. The van der Waals surface area contributed by atoms with Crippen LogP contribution in [0.5, 0.6) is 0 Å². The highest BCUT2D eigenvalue weighted by Gasteiger charge is 2.23. The van der Waals surface area contributed by atoms with Crippen molar-refractivity contribution in [1.29, 1.82) is 0 Å². The van der Waals surface area contributed by atoms with Crippen LogP contribution in [0, 0.1) is 0 Å². The Kier molecular flexibility index (Phi) is 3.97. The summed E-state index contributed by atoms with van der Waals surface area (Å²) >= 11 is 0. The number of nitrogens with zero attached hydrogens (tertiary/aromatic N) is 2. The summed E-state index contributed by atoms with van der Waals surface area (Å²) in [6.07, 6.45) is 6.53. The average molecular weight is 322 g/mol. The second-order valence-electron chi connectivity index (χ2n) is 6.72. The predicted molar refractivity (Wildman–Crippen MR) is 97.6 cm³/mol. The van der Waals surface area contributed by atoms with Crippen molar-refractivity contribution in [1.82, 2.24) is 0 Å². The average Bonchev–Trinajstić information content (AvgIpc) is 3.33. The third-order valence-electron chi connectivity index (χ3n) is 5.33. The minimum absolute atomic E-state index is 0.607. The molecule has 0 atom stereocenters. The minimum Gasteiger partial charge on any atom is -0.371 e. The maximum absolute atomic E-state index is 11.6. The monoisotopic (exact) mass is 322 g/mol. The summed E-state index contributed by atoms with van der Waals surface area (Å²) in [6.45, 7) is 4.17. The standard InChI is InChI=1S/C20H22N2O2/c23-13-15-5-7-17(21-9-1-2-10-21)20-18(22-11-3-4-12-22)8-6-16(14-24)19(15)20/h5-8,13-14H,1-4,9-12H2. The van der Waals surface area contributed by atoms with Gasteiger partial charge < -0.3 is 9.80 Å². The number of benzene rings is 2. The van der Waals surface area contributed by atoms with E-state index in [0.29, 0.717) is 11.1 Å². The zero-order valence-electron chi connectivity index (χ0n) is 13.8.